The second kappa shape index (κ2) is 9.07. The summed E-state index contributed by atoms with van der Waals surface area (Å²) >= 11 is 0. The van der Waals surface area contributed by atoms with Gasteiger partial charge >= 0.3 is 5.97 Å². The molecule has 0 fully saturated rings. The largest absolute Gasteiger partial charge is 0.481 e. The van der Waals surface area contributed by atoms with Crippen molar-refractivity contribution >= 4 is 29.1 Å². The van der Waals surface area contributed by atoms with Crippen molar-refractivity contribution in [3.8, 4) is 0 Å². The van der Waals surface area contributed by atoms with E-state index in [1.165, 1.54) is 15.9 Å². The van der Waals surface area contributed by atoms with Crippen molar-refractivity contribution in [1.29, 1.82) is 0 Å². The summed E-state index contributed by atoms with van der Waals surface area (Å²) in [5.41, 5.74) is 0.883. The van der Waals surface area contributed by atoms with Gasteiger partial charge in [-0.25, -0.2) is 0 Å². The first-order valence-corrected chi connectivity index (χ1v) is 11.9. The third-order valence-corrected chi connectivity index (χ3v) is 10.3. The van der Waals surface area contributed by atoms with E-state index in [2.05, 4.69) is 84.9 Å². The number of carboxylic acids is 1. The monoisotopic (exact) mass is 411 g/mol. The molecule has 0 aliphatic carbocycles. The zero-order valence-electron chi connectivity index (χ0n) is 16.6. The number of hydrogen-bond donors (Lipinski definition) is 1. The van der Waals surface area contributed by atoms with Gasteiger partial charge in [0, 0.05) is 0 Å². The van der Waals surface area contributed by atoms with Gasteiger partial charge in [-0.05, 0) is 42.0 Å². The zero-order chi connectivity index (χ0) is 20.8. The standard InChI is InChI=1S/C27H23O2P/c28-27(29)21-26(22-13-5-1-6-14-22)30(23-15-7-2-8-16-23,24-17-9-3-10-18-24)25-19-11-4-12-20-25/h1-20,26H,21H2/p+1/t26-/m0/s1. The van der Waals surface area contributed by atoms with Crippen LogP contribution in [0.3, 0.4) is 0 Å². The Morgan fingerprint density at radius 2 is 0.933 bits per heavy atom. The van der Waals surface area contributed by atoms with Gasteiger partial charge in [0.05, 0.1) is 6.42 Å². The van der Waals surface area contributed by atoms with Crippen molar-refractivity contribution in [3.05, 3.63) is 127 Å². The fourth-order valence-corrected chi connectivity index (χ4v) is 9.25. The SMILES string of the molecule is O=C(O)C[C@@H](c1ccccc1)[P+](c1ccccc1)(c1ccccc1)c1ccccc1. The van der Waals surface area contributed by atoms with E-state index in [1.54, 1.807) is 0 Å². The molecule has 0 bridgehead atoms. The van der Waals surface area contributed by atoms with Crippen molar-refractivity contribution < 1.29 is 9.90 Å². The Morgan fingerprint density at radius 3 is 1.27 bits per heavy atom. The maximum absolute atomic E-state index is 12.1. The van der Waals surface area contributed by atoms with Crippen LogP contribution >= 0.6 is 7.26 Å². The fourth-order valence-electron chi connectivity index (χ4n) is 4.30. The van der Waals surface area contributed by atoms with E-state index in [0.29, 0.717) is 0 Å². The maximum atomic E-state index is 12.1. The molecule has 1 atom stereocenters. The van der Waals surface area contributed by atoms with Crippen LogP contribution in [0.2, 0.25) is 0 Å². The van der Waals surface area contributed by atoms with Crippen LogP contribution < -0.4 is 15.9 Å². The lowest BCUT2D eigenvalue weighted by atomic mass is 10.1. The average Bonchev–Trinajstić information content (AvgIpc) is 2.81. The first kappa shape index (κ1) is 20.1. The quantitative estimate of drug-likeness (QED) is 0.425. The molecule has 0 saturated heterocycles. The lowest BCUT2D eigenvalue weighted by molar-refractivity contribution is -0.137. The molecule has 0 aliphatic heterocycles. The Balaban J connectivity index is 2.12. The predicted molar refractivity (Wildman–Crippen MR) is 127 cm³/mol. The molecule has 2 nitrogen and oxygen atoms in total. The van der Waals surface area contributed by atoms with Crippen LogP contribution in [-0.4, -0.2) is 11.1 Å². The van der Waals surface area contributed by atoms with E-state index >= 15 is 0 Å². The molecule has 4 aromatic rings. The number of carboxylic acid groups (broad SMARTS) is 1. The normalized spacial score (nSPS) is 12.3. The van der Waals surface area contributed by atoms with Gasteiger partial charge in [-0.15, -0.1) is 0 Å². The highest BCUT2D eigenvalue weighted by molar-refractivity contribution is 7.96. The molecule has 0 amide bonds. The third-order valence-electron chi connectivity index (χ3n) is 5.51. The molecule has 0 aromatic heterocycles. The summed E-state index contributed by atoms with van der Waals surface area (Å²) < 4.78 is 0. The van der Waals surface area contributed by atoms with Gasteiger partial charge in [0.25, 0.3) is 0 Å². The Labute approximate surface area is 178 Å². The Kier molecular flexibility index (Phi) is 6.07. The number of aliphatic carboxylic acids is 1. The second-order valence-corrected chi connectivity index (χ2v) is 10.9. The molecule has 0 unspecified atom stereocenters. The Bertz CT molecular complexity index is 984. The van der Waals surface area contributed by atoms with Crippen LogP contribution in [0.1, 0.15) is 17.6 Å². The highest BCUT2D eigenvalue weighted by atomic mass is 31.2. The molecule has 0 radical (unpaired) electrons. The van der Waals surface area contributed by atoms with Crippen LogP contribution in [0.15, 0.2) is 121 Å². The van der Waals surface area contributed by atoms with Crippen LogP contribution in [0.4, 0.5) is 0 Å². The van der Waals surface area contributed by atoms with E-state index in [9.17, 15) is 9.90 Å². The van der Waals surface area contributed by atoms with Gasteiger partial charge in [-0.1, -0.05) is 84.9 Å². The smallest absolute Gasteiger partial charge is 0.307 e. The van der Waals surface area contributed by atoms with E-state index in [1.807, 2.05) is 36.4 Å². The van der Waals surface area contributed by atoms with Crippen LogP contribution in [0.25, 0.3) is 0 Å². The lowest BCUT2D eigenvalue weighted by Crippen LogP contribution is -2.36. The summed E-state index contributed by atoms with van der Waals surface area (Å²) in [7, 11) is -2.32. The zero-order valence-corrected chi connectivity index (χ0v) is 17.5. The van der Waals surface area contributed by atoms with Gasteiger partial charge in [-0.2, -0.15) is 0 Å². The molecule has 148 valence electrons. The summed E-state index contributed by atoms with van der Waals surface area (Å²) in [4.78, 5) is 12.1. The minimum Gasteiger partial charge on any atom is -0.481 e. The van der Waals surface area contributed by atoms with E-state index in [-0.39, 0.29) is 12.1 Å². The van der Waals surface area contributed by atoms with Gasteiger partial charge < -0.3 is 5.11 Å². The van der Waals surface area contributed by atoms with Crippen molar-refractivity contribution in [1.82, 2.24) is 0 Å². The molecule has 4 rings (SSSR count). The molecule has 0 saturated carbocycles. The third kappa shape index (κ3) is 3.79. The highest BCUT2D eigenvalue weighted by Gasteiger charge is 2.53. The molecule has 0 spiro atoms. The summed E-state index contributed by atoms with van der Waals surface area (Å²) in [6.07, 6.45) is 0.0659. The summed E-state index contributed by atoms with van der Waals surface area (Å²) in [5.74, 6) is -0.781. The number of hydrogen-bond acceptors (Lipinski definition) is 1. The number of rotatable bonds is 7. The number of benzene rings is 4. The molecule has 30 heavy (non-hydrogen) atoms. The van der Waals surface area contributed by atoms with Crippen LogP contribution in [-0.2, 0) is 4.79 Å². The van der Waals surface area contributed by atoms with Crippen molar-refractivity contribution in [2.24, 2.45) is 0 Å². The molecular formula is C27H24O2P+. The maximum Gasteiger partial charge on any atom is 0.307 e. The minimum atomic E-state index is -2.32. The van der Waals surface area contributed by atoms with Crippen LogP contribution in [0.5, 0.6) is 0 Å². The average molecular weight is 411 g/mol. The number of carbonyl (C=O) groups is 1. The van der Waals surface area contributed by atoms with Gasteiger partial charge in [0.1, 0.15) is 28.8 Å². The van der Waals surface area contributed by atoms with Gasteiger partial charge in [0.15, 0.2) is 0 Å². The molecule has 3 heteroatoms. The van der Waals surface area contributed by atoms with E-state index < -0.39 is 13.2 Å². The van der Waals surface area contributed by atoms with Crippen LogP contribution in [0, 0.1) is 0 Å². The molecule has 4 aromatic carbocycles. The fraction of sp³-hybridized carbons (Fsp3) is 0.0741. The Morgan fingerprint density at radius 1 is 0.600 bits per heavy atom. The van der Waals surface area contributed by atoms with Crippen molar-refractivity contribution in [2.75, 3.05) is 0 Å². The van der Waals surface area contributed by atoms with Crippen molar-refractivity contribution in [3.63, 3.8) is 0 Å². The van der Waals surface area contributed by atoms with Crippen molar-refractivity contribution in [2.45, 2.75) is 12.1 Å². The second-order valence-electron chi connectivity index (χ2n) is 7.25. The summed E-state index contributed by atoms with van der Waals surface area (Å²) in [6.45, 7) is 0. The summed E-state index contributed by atoms with van der Waals surface area (Å²) in [6, 6.07) is 41.4. The molecule has 0 heterocycles. The highest BCUT2D eigenvalue weighted by Crippen LogP contribution is 2.67. The topological polar surface area (TPSA) is 37.3 Å². The first-order chi connectivity index (χ1) is 14.7. The first-order valence-electron chi connectivity index (χ1n) is 10.0. The Hall–Kier alpha value is -3.22. The molecule has 0 aliphatic rings. The molecule has 1 N–H and O–H groups in total. The molecular weight excluding hydrogens is 387 g/mol. The van der Waals surface area contributed by atoms with E-state index in [4.69, 9.17) is 0 Å². The summed E-state index contributed by atoms with van der Waals surface area (Å²) in [5, 5.41) is 13.5. The lowest BCUT2D eigenvalue weighted by Gasteiger charge is -2.34. The minimum absolute atomic E-state index is 0.0659. The van der Waals surface area contributed by atoms with Gasteiger partial charge in [0.2, 0.25) is 0 Å². The van der Waals surface area contributed by atoms with Gasteiger partial charge in [-0.3, -0.25) is 4.79 Å². The predicted octanol–water partition coefficient (Wildman–Crippen LogP) is 5.20. The van der Waals surface area contributed by atoms with E-state index in [0.717, 1.165) is 5.56 Å².